The molecule has 0 N–H and O–H groups in total. The molecule has 0 aromatic carbocycles. The van der Waals surface area contributed by atoms with Crippen LogP contribution in [0.25, 0.3) is 0 Å². The lowest BCUT2D eigenvalue weighted by Crippen LogP contribution is -2.20. The van der Waals surface area contributed by atoms with Gasteiger partial charge in [-0.05, 0) is 32.9 Å². The lowest BCUT2D eigenvalue weighted by molar-refractivity contribution is 0.341. The number of nitrogens with zero attached hydrogens (tertiary/aromatic N) is 1. The van der Waals surface area contributed by atoms with Crippen molar-refractivity contribution >= 4 is 0 Å². The number of hydrogen-bond donors (Lipinski definition) is 0. The van der Waals surface area contributed by atoms with E-state index >= 15 is 0 Å². The Kier molecular flexibility index (Phi) is 15.8. The van der Waals surface area contributed by atoms with E-state index in [0.29, 0.717) is 0 Å². The molecule has 0 spiro atoms. The van der Waals surface area contributed by atoms with Crippen LogP contribution in [0.5, 0.6) is 0 Å². The predicted molar refractivity (Wildman–Crippen MR) is 97.9 cm³/mol. The molecule has 0 bridgehead atoms. The molecule has 21 heavy (non-hydrogen) atoms. The van der Waals surface area contributed by atoms with Crippen LogP contribution in [0.4, 0.5) is 0 Å². The summed E-state index contributed by atoms with van der Waals surface area (Å²) in [4.78, 5) is 2.32. The highest BCUT2D eigenvalue weighted by atomic mass is 15.1. The van der Waals surface area contributed by atoms with Crippen molar-refractivity contribution in [3.05, 3.63) is 12.2 Å². The van der Waals surface area contributed by atoms with Gasteiger partial charge in [-0.2, -0.15) is 0 Å². The summed E-state index contributed by atoms with van der Waals surface area (Å²) >= 11 is 0. The monoisotopic (exact) mass is 295 g/mol. The van der Waals surface area contributed by atoms with Crippen molar-refractivity contribution in [3.8, 4) is 0 Å². The first-order chi connectivity index (χ1) is 10.2. The number of hydrogen-bond acceptors (Lipinski definition) is 1. The molecule has 0 amide bonds. The van der Waals surface area contributed by atoms with E-state index in [9.17, 15) is 0 Å². The summed E-state index contributed by atoms with van der Waals surface area (Å²) in [6.07, 6.45) is 21.7. The SMILES string of the molecule is CCC=CC(CCCCCCCCCCCC)CN(C)C. The summed E-state index contributed by atoms with van der Waals surface area (Å²) in [5.74, 6) is 0.758. The molecule has 1 nitrogen and oxygen atoms in total. The Morgan fingerprint density at radius 1 is 0.762 bits per heavy atom. The van der Waals surface area contributed by atoms with Crippen molar-refractivity contribution in [1.82, 2.24) is 4.90 Å². The highest BCUT2D eigenvalue weighted by Crippen LogP contribution is 2.15. The molecular formula is C20H41N. The van der Waals surface area contributed by atoms with Gasteiger partial charge in [0.2, 0.25) is 0 Å². The Morgan fingerprint density at radius 2 is 1.29 bits per heavy atom. The highest BCUT2D eigenvalue weighted by molar-refractivity contribution is 4.88. The van der Waals surface area contributed by atoms with Crippen LogP contribution in [0.1, 0.15) is 90.9 Å². The minimum absolute atomic E-state index is 0.758. The van der Waals surface area contributed by atoms with E-state index in [1.165, 1.54) is 83.6 Å². The average Bonchev–Trinajstić information content (AvgIpc) is 2.46. The second-order valence-electron chi connectivity index (χ2n) is 6.83. The fourth-order valence-corrected chi connectivity index (χ4v) is 2.94. The standard InChI is InChI=1S/C20H41N/c1-5-7-9-10-11-12-13-14-15-16-18-20(17-8-6-2)19-21(3)4/h8,17,20H,5-7,9-16,18-19H2,1-4H3. The molecule has 1 unspecified atom stereocenters. The summed E-state index contributed by atoms with van der Waals surface area (Å²) in [5.41, 5.74) is 0. The first-order valence-electron chi connectivity index (χ1n) is 9.52. The van der Waals surface area contributed by atoms with Gasteiger partial charge in [0.1, 0.15) is 0 Å². The third kappa shape index (κ3) is 15.9. The highest BCUT2D eigenvalue weighted by Gasteiger charge is 2.05. The third-order valence-corrected chi connectivity index (χ3v) is 4.17. The van der Waals surface area contributed by atoms with Crippen molar-refractivity contribution in [3.63, 3.8) is 0 Å². The zero-order valence-electron chi connectivity index (χ0n) is 15.4. The molecule has 0 radical (unpaired) electrons. The van der Waals surface area contributed by atoms with E-state index in [2.05, 4.69) is 45.0 Å². The second kappa shape index (κ2) is 16.1. The first kappa shape index (κ1) is 20.7. The fourth-order valence-electron chi connectivity index (χ4n) is 2.94. The van der Waals surface area contributed by atoms with Gasteiger partial charge >= 0.3 is 0 Å². The normalized spacial score (nSPS) is 13.4. The summed E-state index contributed by atoms with van der Waals surface area (Å²) in [6.45, 7) is 5.72. The summed E-state index contributed by atoms with van der Waals surface area (Å²) in [7, 11) is 4.37. The van der Waals surface area contributed by atoms with Gasteiger partial charge in [0.15, 0.2) is 0 Å². The van der Waals surface area contributed by atoms with Crippen LogP contribution < -0.4 is 0 Å². The molecular weight excluding hydrogens is 254 g/mol. The minimum Gasteiger partial charge on any atom is -0.309 e. The molecule has 0 saturated carbocycles. The van der Waals surface area contributed by atoms with Crippen LogP contribution in [0, 0.1) is 5.92 Å². The van der Waals surface area contributed by atoms with Crippen LogP contribution in [0.2, 0.25) is 0 Å². The smallest absolute Gasteiger partial charge is 0.00382 e. The van der Waals surface area contributed by atoms with Gasteiger partial charge < -0.3 is 4.90 Å². The Balaban J connectivity index is 3.46. The minimum atomic E-state index is 0.758. The van der Waals surface area contributed by atoms with Crippen molar-refractivity contribution in [2.75, 3.05) is 20.6 Å². The Labute approximate surface area is 135 Å². The largest absolute Gasteiger partial charge is 0.309 e. The van der Waals surface area contributed by atoms with Crippen molar-refractivity contribution < 1.29 is 0 Å². The molecule has 0 saturated heterocycles. The molecule has 0 aromatic heterocycles. The van der Waals surface area contributed by atoms with Crippen molar-refractivity contribution in [1.29, 1.82) is 0 Å². The van der Waals surface area contributed by atoms with Crippen LogP contribution in [-0.4, -0.2) is 25.5 Å². The fraction of sp³-hybridized carbons (Fsp3) is 0.900. The molecule has 1 heteroatoms. The molecule has 0 aliphatic rings. The van der Waals surface area contributed by atoms with Gasteiger partial charge in [-0.25, -0.2) is 0 Å². The molecule has 0 aliphatic heterocycles. The van der Waals surface area contributed by atoms with E-state index in [1.807, 2.05) is 0 Å². The van der Waals surface area contributed by atoms with Crippen LogP contribution >= 0.6 is 0 Å². The Bertz CT molecular complexity index is 220. The first-order valence-corrected chi connectivity index (χ1v) is 9.52. The topological polar surface area (TPSA) is 3.24 Å². The molecule has 0 aliphatic carbocycles. The van der Waals surface area contributed by atoms with E-state index in [4.69, 9.17) is 0 Å². The van der Waals surface area contributed by atoms with E-state index in [1.54, 1.807) is 0 Å². The molecule has 0 aromatic rings. The summed E-state index contributed by atoms with van der Waals surface area (Å²) in [5, 5.41) is 0. The zero-order valence-corrected chi connectivity index (χ0v) is 15.4. The van der Waals surface area contributed by atoms with Crippen LogP contribution in [0.15, 0.2) is 12.2 Å². The number of unbranched alkanes of at least 4 members (excludes halogenated alkanes) is 9. The Morgan fingerprint density at radius 3 is 1.76 bits per heavy atom. The molecule has 126 valence electrons. The quantitative estimate of drug-likeness (QED) is 0.248. The zero-order chi connectivity index (χ0) is 15.8. The summed E-state index contributed by atoms with van der Waals surface area (Å²) < 4.78 is 0. The van der Waals surface area contributed by atoms with E-state index in [-0.39, 0.29) is 0 Å². The molecule has 0 heterocycles. The van der Waals surface area contributed by atoms with Gasteiger partial charge in [-0.3, -0.25) is 0 Å². The lowest BCUT2D eigenvalue weighted by atomic mass is 9.98. The maximum absolute atomic E-state index is 2.44. The predicted octanol–water partition coefficient (Wildman–Crippen LogP) is 6.44. The molecule has 0 fully saturated rings. The third-order valence-electron chi connectivity index (χ3n) is 4.17. The van der Waals surface area contributed by atoms with E-state index < -0.39 is 0 Å². The number of rotatable bonds is 15. The van der Waals surface area contributed by atoms with Crippen molar-refractivity contribution in [2.24, 2.45) is 5.92 Å². The van der Waals surface area contributed by atoms with Gasteiger partial charge in [-0.15, -0.1) is 0 Å². The van der Waals surface area contributed by atoms with Crippen LogP contribution in [-0.2, 0) is 0 Å². The molecule has 1 atom stereocenters. The van der Waals surface area contributed by atoms with E-state index in [0.717, 1.165) is 5.92 Å². The van der Waals surface area contributed by atoms with Gasteiger partial charge in [0, 0.05) is 6.54 Å². The maximum Gasteiger partial charge on any atom is 0.00382 e. The maximum atomic E-state index is 2.44. The Hall–Kier alpha value is -0.300. The lowest BCUT2D eigenvalue weighted by Gasteiger charge is -2.17. The van der Waals surface area contributed by atoms with Crippen LogP contribution in [0.3, 0.4) is 0 Å². The average molecular weight is 296 g/mol. The van der Waals surface area contributed by atoms with Gasteiger partial charge in [-0.1, -0.05) is 90.2 Å². The molecule has 0 rings (SSSR count). The van der Waals surface area contributed by atoms with Gasteiger partial charge in [0.25, 0.3) is 0 Å². The summed E-state index contributed by atoms with van der Waals surface area (Å²) in [6, 6.07) is 0. The second-order valence-corrected chi connectivity index (χ2v) is 6.83. The van der Waals surface area contributed by atoms with Crippen molar-refractivity contribution in [2.45, 2.75) is 90.9 Å². The van der Waals surface area contributed by atoms with Gasteiger partial charge in [0.05, 0.1) is 0 Å². The number of allylic oxidation sites excluding steroid dienone is 1.